The minimum atomic E-state index is -3.10. The Morgan fingerprint density at radius 3 is 2.70 bits per heavy atom. The molecule has 2 aromatic rings. The lowest BCUT2D eigenvalue weighted by Gasteiger charge is -2.43. The van der Waals surface area contributed by atoms with Gasteiger partial charge in [-0.05, 0) is 17.9 Å². The smallest absolute Gasteiger partial charge is 0.273 e. The largest absolute Gasteiger partial charge is 0.397 e. The van der Waals surface area contributed by atoms with Crippen molar-refractivity contribution in [2.24, 2.45) is 16.9 Å². The van der Waals surface area contributed by atoms with Gasteiger partial charge in [-0.1, -0.05) is 20.8 Å². The fourth-order valence-electron chi connectivity index (χ4n) is 3.50. The summed E-state index contributed by atoms with van der Waals surface area (Å²) >= 11 is 0.956. The van der Waals surface area contributed by atoms with E-state index in [0.717, 1.165) is 17.8 Å². The number of hydrogen-bond donors (Lipinski definition) is 3. The fourth-order valence-corrected chi connectivity index (χ4v) is 4.47. The van der Waals surface area contributed by atoms with Crippen molar-refractivity contribution in [2.45, 2.75) is 45.6 Å². The number of amides is 1. The molecule has 1 aliphatic rings. The van der Waals surface area contributed by atoms with Gasteiger partial charge in [0.25, 0.3) is 11.8 Å². The molecule has 0 aliphatic carbocycles. The van der Waals surface area contributed by atoms with Crippen LogP contribution in [0.1, 0.15) is 48.8 Å². The summed E-state index contributed by atoms with van der Waals surface area (Å²) in [5, 5.41) is 0.123. The molecule has 1 atom stereocenters. The standard InChI is InChI=1S/C18H25F2N5OS/c1-4-18(19,20)9-7-11(25-6-5-10(21)17(2,3)8-25)24-16-12(9)13(22)14(27-16)15(23)26/h7,10H,4-6,8,21-22H2,1-3H3,(H2,23,26)/t10-/m0/s1. The van der Waals surface area contributed by atoms with Crippen LogP contribution < -0.4 is 22.1 Å². The van der Waals surface area contributed by atoms with Crippen LogP contribution in [-0.2, 0) is 5.92 Å². The van der Waals surface area contributed by atoms with Gasteiger partial charge in [-0.2, -0.15) is 0 Å². The second-order valence-electron chi connectivity index (χ2n) is 7.78. The Morgan fingerprint density at radius 1 is 1.48 bits per heavy atom. The Morgan fingerprint density at radius 2 is 2.15 bits per heavy atom. The number of pyridine rings is 1. The van der Waals surface area contributed by atoms with E-state index in [0.29, 0.717) is 23.7 Å². The highest BCUT2D eigenvalue weighted by Gasteiger charge is 2.37. The summed E-state index contributed by atoms with van der Waals surface area (Å²) in [6, 6.07) is 1.43. The summed E-state index contributed by atoms with van der Waals surface area (Å²) in [5.74, 6) is -3.39. The monoisotopic (exact) mass is 397 g/mol. The molecule has 3 heterocycles. The molecule has 148 valence electrons. The van der Waals surface area contributed by atoms with Gasteiger partial charge in [0, 0.05) is 36.5 Å². The molecule has 0 bridgehead atoms. The summed E-state index contributed by atoms with van der Waals surface area (Å²) < 4.78 is 29.5. The maximum atomic E-state index is 14.7. The first kappa shape index (κ1) is 19.8. The summed E-state index contributed by atoms with van der Waals surface area (Å²) in [5.41, 5.74) is 17.1. The number of primary amides is 1. The zero-order valence-corrected chi connectivity index (χ0v) is 16.5. The van der Waals surface area contributed by atoms with Gasteiger partial charge in [-0.3, -0.25) is 4.79 Å². The lowest BCUT2D eigenvalue weighted by molar-refractivity contribution is -0.00672. The van der Waals surface area contributed by atoms with Crippen LogP contribution in [0.3, 0.4) is 0 Å². The summed E-state index contributed by atoms with van der Waals surface area (Å²) in [7, 11) is 0. The van der Waals surface area contributed by atoms with Crippen LogP contribution in [0.15, 0.2) is 6.07 Å². The molecule has 6 nitrogen and oxygen atoms in total. The predicted molar refractivity (Wildman–Crippen MR) is 105 cm³/mol. The van der Waals surface area contributed by atoms with Crippen LogP contribution >= 0.6 is 11.3 Å². The maximum absolute atomic E-state index is 14.7. The number of halogens is 2. The highest BCUT2D eigenvalue weighted by Crippen LogP contribution is 2.44. The molecule has 0 spiro atoms. The topological polar surface area (TPSA) is 111 Å². The van der Waals surface area contributed by atoms with Crippen molar-refractivity contribution >= 4 is 39.0 Å². The van der Waals surface area contributed by atoms with E-state index in [1.165, 1.54) is 13.0 Å². The summed E-state index contributed by atoms with van der Waals surface area (Å²) in [4.78, 5) is 18.5. The molecule has 9 heteroatoms. The van der Waals surface area contributed by atoms with Crippen LogP contribution in [0.5, 0.6) is 0 Å². The van der Waals surface area contributed by atoms with E-state index in [-0.39, 0.29) is 39.4 Å². The molecule has 0 aromatic carbocycles. The molecule has 1 fully saturated rings. The van der Waals surface area contributed by atoms with Gasteiger partial charge in [0.2, 0.25) is 0 Å². The number of nitrogen functional groups attached to an aromatic ring is 1. The Balaban J connectivity index is 2.20. The Hall–Kier alpha value is -2.00. The predicted octanol–water partition coefficient (Wildman–Crippen LogP) is 3.04. The van der Waals surface area contributed by atoms with Gasteiger partial charge in [-0.15, -0.1) is 11.3 Å². The zero-order valence-electron chi connectivity index (χ0n) is 15.7. The number of thiophene rings is 1. The van der Waals surface area contributed by atoms with Crippen molar-refractivity contribution in [1.29, 1.82) is 0 Å². The van der Waals surface area contributed by atoms with E-state index < -0.39 is 11.8 Å². The normalized spacial score (nSPS) is 20.2. The van der Waals surface area contributed by atoms with E-state index in [1.807, 2.05) is 4.90 Å². The van der Waals surface area contributed by atoms with Gasteiger partial charge in [0.15, 0.2) is 0 Å². The second kappa shape index (κ2) is 6.56. The number of carbonyl (C=O) groups excluding carboxylic acids is 1. The van der Waals surface area contributed by atoms with E-state index in [4.69, 9.17) is 17.2 Å². The molecule has 6 N–H and O–H groups in total. The van der Waals surface area contributed by atoms with Gasteiger partial charge in [0.05, 0.1) is 5.69 Å². The van der Waals surface area contributed by atoms with E-state index in [2.05, 4.69) is 18.8 Å². The summed E-state index contributed by atoms with van der Waals surface area (Å²) in [6.45, 7) is 6.75. The van der Waals surface area contributed by atoms with Gasteiger partial charge < -0.3 is 22.1 Å². The first-order valence-electron chi connectivity index (χ1n) is 8.89. The molecule has 0 saturated carbocycles. The average Bonchev–Trinajstić information content (AvgIpc) is 2.93. The van der Waals surface area contributed by atoms with Gasteiger partial charge >= 0.3 is 0 Å². The Bertz CT molecular complexity index is 895. The van der Waals surface area contributed by atoms with Crippen LogP contribution in [-0.4, -0.2) is 30.0 Å². The zero-order chi connectivity index (χ0) is 20.1. The third kappa shape index (κ3) is 3.34. The number of rotatable bonds is 4. The highest BCUT2D eigenvalue weighted by molar-refractivity contribution is 7.21. The van der Waals surface area contributed by atoms with Crippen molar-refractivity contribution in [3.63, 3.8) is 0 Å². The maximum Gasteiger partial charge on any atom is 0.273 e. The molecule has 1 aliphatic heterocycles. The first-order valence-corrected chi connectivity index (χ1v) is 9.71. The number of carbonyl (C=O) groups is 1. The first-order chi connectivity index (χ1) is 12.5. The lowest BCUT2D eigenvalue weighted by Crippen LogP contribution is -2.52. The molecule has 1 amide bonds. The molecule has 2 aromatic heterocycles. The average molecular weight is 397 g/mol. The molecule has 0 unspecified atom stereocenters. The highest BCUT2D eigenvalue weighted by atomic mass is 32.1. The molecule has 3 rings (SSSR count). The number of fused-ring (bicyclic) bond motifs is 1. The third-order valence-electron chi connectivity index (χ3n) is 5.38. The molecule has 27 heavy (non-hydrogen) atoms. The quantitative estimate of drug-likeness (QED) is 0.734. The number of nitrogens with zero attached hydrogens (tertiary/aromatic N) is 2. The van der Waals surface area contributed by atoms with Crippen molar-refractivity contribution in [3.8, 4) is 0 Å². The Kier molecular flexibility index (Phi) is 4.80. The van der Waals surface area contributed by atoms with Crippen molar-refractivity contribution in [2.75, 3.05) is 23.7 Å². The number of aromatic nitrogens is 1. The third-order valence-corrected chi connectivity index (χ3v) is 6.50. The minimum Gasteiger partial charge on any atom is -0.397 e. The number of hydrogen-bond acceptors (Lipinski definition) is 6. The minimum absolute atomic E-state index is 0.0225. The van der Waals surface area contributed by atoms with Crippen molar-refractivity contribution < 1.29 is 13.6 Å². The second-order valence-corrected chi connectivity index (χ2v) is 8.78. The van der Waals surface area contributed by atoms with E-state index >= 15 is 0 Å². The van der Waals surface area contributed by atoms with Gasteiger partial charge in [0.1, 0.15) is 15.5 Å². The number of anilines is 2. The van der Waals surface area contributed by atoms with E-state index in [1.54, 1.807) is 0 Å². The molecular weight excluding hydrogens is 372 g/mol. The number of alkyl halides is 2. The summed E-state index contributed by atoms with van der Waals surface area (Å²) in [6.07, 6.45) is 0.356. The number of nitrogens with two attached hydrogens (primary N) is 3. The van der Waals surface area contributed by atoms with Crippen molar-refractivity contribution in [1.82, 2.24) is 4.98 Å². The molecule has 0 radical (unpaired) electrons. The molecule has 1 saturated heterocycles. The molecular formula is C18H25F2N5OS. The van der Waals surface area contributed by atoms with Crippen LogP contribution in [0, 0.1) is 5.41 Å². The SMILES string of the molecule is CCC(F)(F)c1cc(N2CC[C@H](N)C(C)(C)C2)nc2sc(C(N)=O)c(N)c12. The van der Waals surface area contributed by atoms with Crippen molar-refractivity contribution in [3.05, 3.63) is 16.5 Å². The van der Waals surface area contributed by atoms with Crippen LogP contribution in [0.4, 0.5) is 20.3 Å². The van der Waals surface area contributed by atoms with Crippen LogP contribution in [0.2, 0.25) is 0 Å². The van der Waals surface area contributed by atoms with Gasteiger partial charge in [-0.25, -0.2) is 13.8 Å². The lowest BCUT2D eigenvalue weighted by atomic mass is 9.79. The van der Waals surface area contributed by atoms with E-state index in [9.17, 15) is 13.6 Å². The van der Waals surface area contributed by atoms with Crippen LogP contribution in [0.25, 0.3) is 10.2 Å². The number of piperidine rings is 1. The Labute approximate surface area is 160 Å². The fraction of sp³-hybridized carbons (Fsp3) is 0.556.